The fourth-order valence-electron chi connectivity index (χ4n) is 3.07. The summed E-state index contributed by atoms with van der Waals surface area (Å²) in [5.41, 5.74) is -0.183. The first-order valence-corrected chi connectivity index (χ1v) is 9.78. The van der Waals surface area contributed by atoms with Crippen LogP contribution in [-0.2, 0) is 0 Å². The van der Waals surface area contributed by atoms with Gasteiger partial charge in [0.15, 0.2) is 34.6 Å². The molecule has 5 rings (SSSR count). The molecular formula is C20H9F9N4O4. The summed E-state index contributed by atoms with van der Waals surface area (Å²) in [6.45, 7) is 0. The van der Waals surface area contributed by atoms with Crippen molar-refractivity contribution in [3.8, 4) is 23.0 Å². The van der Waals surface area contributed by atoms with Crippen LogP contribution in [-0.4, -0.2) is 34.4 Å². The number of hydrogen-bond donors (Lipinski definition) is 2. The first kappa shape index (κ1) is 24.4. The zero-order chi connectivity index (χ0) is 26.8. The van der Waals surface area contributed by atoms with E-state index in [0.717, 1.165) is 36.4 Å². The van der Waals surface area contributed by atoms with E-state index in [4.69, 9.17) is 0 Å². The normalized spacial score (nSPS) is 19.6. The minimum Gasteiger partial charge on any atom is -0.421 e. The van der Waals surface area contributed by atoms with Crippen LogP contribution in [0.25, 0.3) is 0 Å². The van der Waals surface area contributed by atoms with Gasteiger partial charge < -0.3 is 29.6 Å². The number of rotatable bonds is 4. The van der Waals surface area contributed by atoms with Gasteiger partial charge in [-0.2, -0.15) is 40.1 Å². The fourth-order valence-corrected chi connectivity index (χ4v) is 3.07. The zero-order valence-corrected chi connectivity index (χ0v) is 17.5. The van der Waals surface area contributed by atoms with Crippen LogP contribution in [0, 0.1) is 5.82 Å². The summed E-state index contributed by atoms with van der Waals surface area (Å²) in [5, 5.41) is 4.91. The van der Waals surface area contributed by atoms with E-state index >= 15 is 0 Å². The number of benzene rings is 2. The van der Waals surface area contributed by atoms with Gasteiger partial charge in [0.2, 0.25) is 5.95 Å². The van der Waals surface area contributed by atoms with Gasteiger partial charge in [-0.3, -0.25) is 0 Å². The Hall–Kier alpha value is -4.31. The van der Waals surface area contributed by atoms with E-state index in [1.54, 1.807) is 0 Å². The highest BCUT2D eigenvalue weighted by atomic mass is 19.3. The zero-order valence-electron chi connectivity index (χ0n) is 17.5. The molecule has 0 radical (unpaired) electrons. The summed E-state index contributed by atoms with van der Waals surface area (Å²) in [4.78, 5) is 7.44. The molecule has 0 saturated heterocycles. The summed E-state index contributed by atoms with van der Waals surface area (Å²) in [6, 6.07) is 5.66. The van der Waals surface area contributed by atoms with Gasteiger partial charge in [0.05, 0.1) is 6.20 Å². The van der Waals surface area contributed by atoms with Crippen LogP contribution < -0.4 is 29.6 Å². The standard InChI is InChI=1S/C20H9F9N4O4/c21-10-7-30-16(32-9-2-4-12-14(6-9)37-20(28,29)18(24,25)35-12)33-15(10)31-8-1-3-11-13(5-8)36-19(26,27)17(22,23)34-11/h1-7H,(H2,30,31,32,33). The Kier molecular flexibility index (Phi) is 5.17. The molecule has 17 heteroatoms. The number of nitrogens with one attached hydrogen (secondary N) is 2. The van der Waals surface area contributed by atoms with E-state index in [1.165, 1.54) is 0 Å². The predicted octanol–water partition coefficient (Wildman–Crippen LogP) is 6.02. The van der Waals surface area contributed by atoms with Crippen molar-refractivity contribution in [2.45, 2.75) is 24.4 Å². The van der Waals surface area contributed by atoms with E-state index < -0.39 is 59.1 Å². The predicted molar refractivity (Wildman–Crippen MR) is 104 cm³/mol. The van der Waals surface area contributed by atoms with Gasteiger partial charge in [0.25, 0.3) is 0 Å². The molecule has 3 aromatic rings. The third kappa shape index (κ3) is 4.29. The van der Waals surface area contributed by atoms with Crippen molar-refractivity contribution in [1.82, 2.24) is 9.97 Å². The molecule has 37 heavy (non-hydrogen) atoms. The van der Waals surface area contributed by atoms with Gasteiger partial charge in [0, 0.05) is 23.5 Å². The first-order chi connectivity index (χ1) is 17.2. The summed E-state index contributed by atoms with van der Waals surface area (Å²) < 4.78 is 137. The van der Waals surface area contributed by atoms with Crippen molar-refractivity contribution >= 4 is 23.1 Å². The number of anilines is 4. The number of halogens is 9. The molecule has 0 aliphatic carbocycles. The summed E-state index contributed by atoms with van der Waals surface area (Å²) >= 11 is 0. The van der Waals surface area contributed by atoms with Crippen molar-refractivity contribution in [2.24, 2.45) is 0 Å². The van der Waals surface area contributed by atoms with Crippen LogP contribution in [0.5, 0.6) is 23.0 Å². The highest BCUT2D eigenvalue weighted by molar-refractivity contribution is 5.65. The highest BCUT2D eigenvalue weighted by Gasteiger charge is 2.66. The Morgan fingerprint density at radius 2 is 1.03 bits per heavy atom. The number of hydrogen-bond acceptors (Lipinski definition) is 8. The lowest BCUT2D eigenvalue weighted by Gasteiger charge is -2.32. The maximum Gasteiger partial charge on any atom is 0.507 e. The lowest BCUT2D eigenvalue weighted by molar-refractivity contribution is -0.391. The molecule has 3 heterocycles. The van der Waals surface area contributed by atoms with Crippen LogP contribution in [0.15, 0.2) is 42.6 Å². The maximum absolute atomic E-state index is 14.3. The molecular weight excluding hydrogens is 531 g/mol. The molecule has 8 nitrogen and oxygen atoms in total. The molecule has 2 aromatic carbocycles. The van der Waals surface area contributed by atoms with E-state index in [0.29, 0.717) is 6.20 Å². The van der Waals surface area contributed by atoms with Crippen LogP contribution >= 0.6 is 0 Å². The van der Waals surface area contributed by atoms with Crippen molar-refractivity contribution in [2.75, 3.05) is 10.6 Å². The van der Waals surface area contributed by atoms with Gasteiger partial charge in [0.1, 0.15) is 0 Å². The Morgan fingerprint density at radius 1 is 0.595 bits per heavy atom. The van der Waals surface area contributed by atoms with Crippen molar-refractivity contribution < 1.29 is 58.5 Å². The number of fused-ring (bicyclic) bond motifs is 2. The number of ether oxygens (including phenoxy) is 4. The number of alkyl halides is 8. The van der Waals surface area contributed by atoms with Crippen LogP contribution in [0.2, 0.25) is 0 Å². The molecule has 1 aromatic heterocycles. The third-order valence-corrected chi connectivity index (χ3v) is 4.78. The molecule has 0 unspecified atom stereocenters. The largest absolute Gasteiger partial charge is 0.507 e. The average Bonchev–Trinajstić information content (AvgIpc) is 2.77. The maximum atomic E-state index is 14.3. The van der Waals surface area contributed by atoms with Crippen LogP contribution in [0.1, 0.15) is 0 Å². The molecule has 2 aliphatic heterocycles. The first-order valence-electron chi connectivity index (χ1n) is 9.78. The summed E-state index contributed by atoms with van der Waals surface area (Å²) in [6.07, 6.45) is -19.1. The van der Waals surface area contributed by atoms with Gasteiger partial charge in [-0.25, -0.2) is 9.37 Å². The Labute approximate surface area is 198 Å². The van der Waals surface area contributed by atoms with E-state index in [9.17, 15) is 39.5 Å². The Morgan fingerprint density at radius 3 is 1.51 bits per heavy atom. The molecule has 0 amide bonds. The molecule has 196 valence electrons. The monoisotopic (exact) mass is 540 g/mol. The van der Waals surface area contributed by atoms with Gasteiger partial charge in [-0.05, 0) is 24.3 Å². The molecule has 0 atom stereocenters. The molecule has 2 aliphatic rings. The number of nitrogens with zero attached hydrogens (tertiary/aromatic N) is 2. The quantitative estimate of drug-likeness (QED) is 0.389. The molecule has 2 N–H and O–H groups in total. The minimum absolute atomic E-state index is 0.0524. The van der Waals surface area contributed by atoms with E-state index in [1.807, 2.05) is 0 Å². The second-order valence-electron chi connectivity index (χ2n) is 7.44. The molecule has 0 saturated carbocycles. The topological polar surface area (TPSA) is 86.8 Å². The van der Waals surface area contributed by atoms with Crippen molar-refractivity contribution in [3.63, 3.8) is 0 Å². The third-order valence-electron chi connectivity index (χ3n) is 4.78. The second kappa shape index (κ2) is 7.84. The lowest BCUT2D eigenvalue weighted by Crippen LogP contribution is -2.52. The van der Waals surface area contributed by atoms with Crippen LogP contribution in [0.4, 0.5) is 62.7 Å². The Balaban J connectivity index is 1.36. The van der Waals surface area contributed by atoms with E-state index in [2.05, 4.69) is 39.5 Å². The smallest absolute Gasteiger partial charge is 0.421 e. The summed E-state index contributed by atoms with van der Waals surface area (Å²) in [7, 11) is 0. The van der Waals surface area contributed by atoms with Crippen LogP contribution in [0.3, 0.4) is 0 Å². The van der Waals surface area contributed by atoms with Gasteiger partial charge in [-0.1, -0.05) is 0 Å². The van der Waals surface area contributed by atoms with Gasteiger partial charge in [-0.15, -0.1) is 0 Å². The van der Waals surface area contributed by atoms with Crippen molar-refractivity contribution in [1.29, 1.82) is 0 Å². The summed E-state index contributed by atoms with van der Waals surface area (Å²) in [5.74, 6) is -4.79. The Bertz CT molecular complexity index is 1390. The van der Waals surface area contributed by atoms with Gasteiger partial charge >= 0.3 is 24.4 Å². The number of aromatic nitrogens is 2. The molecule has 0 bridgehead atoms. The fraction of sp³-hybridized carbons (Fsp3) is 0.200. The van der Waals surface area contributed by atoms with E-state index in [-0.39, 0.29) is 17.3 Å². The second-order valence-corrected chi connectivity index (χ2v) is 7.44. The molecule has 0 spiro atoms. The SMILES string of the molecule is Fc1cnc(Nc2ccc3c(c2)OC(F)(F)C(F)(F)O3)nc1Nc1ccc2c(c1)OC(F)(F)C(F)(F)O2. The van der Waals surface area contributed by atoms with Crippen molar-refractivity contribution in [3.05, 3.63) is 48.4 Å². The lowest BCUT2D eigenvalue weighted by atomic mass is 10.2. The highest BCUT2D eigenvalue weighted by Crippen LogP contribution is 2.49. The average molecular weight is 540 g/mol. The minimum atomic E-state index is -4.97. The molecule has 0 fully saturated rings.